The van der Waals surface area contributed by atoms with E-state index in [4.69, 9.17) is 16.3 Å². The van der Waals surface area contributed by atoms with Crippen molar-refractivity contribution in [1.82, 2.24) is 5.32 Å². The van der Waals surface area contributed by atoms with Gasteiger partial charge in [-0.2, -0.15) is 13.2 Å². The molecular formula is C18H12ClF3N2O3S. The molecule has 10 heteroatoms. The number of amidine groups is 1. The van der Waals surface area contributed by atoms with Crippen molar-refractivity contribution in [3.63, 3.8) is 0 Å². The fourth-order valence-electron chi connectivity index (χ4n) is 2.33. The van der Waals surface area contributed by atoms with E-state index in [1.54, 1.807) is 18.2 Å². The highest BCUT2D eigenvalue weighted by Gasteiger charge is 2.33. The van der Waals surface area contributed by atoms with E-state index in [-0.39, 0.29) is 27.3 Å². The van der Waals surface area contributed by atoms with E-state index in [0.717, 1.165) is 23.9 Å². The van der Waals surface area contributed by atoms with Crippen LogP contribution < -0.4 is 10.1 Å². The fraction of sp³-hybridized carbons (Fsp3) is 0.111. The first-order valence-electron chi connectivity index (χ1n) is 7.70. The number of phenolic OH excluding ortho intramolecular Hbond substituents is 1. The Bertz CT molecular complexity index is 1010. The van der Waals surface area contributed by atoms with Crippen molar-refractivity contribution in [3.05, 3.63) is 57.5 Å². The molecular weight excluding hydrogens is 417 g/mol. The zero-order valence-electron chi connectivity index (χ0n) is 14.2. The van der Waals surface area contributed by atoms with Gasteiger partial charge in [-0.3, -0.25) is 4.79 Å². The van der Waals surface area contributed by atoms with E-state index in [9.17, 15) is 23.1 Å². The van der Waals surface area contributed by atoms with Crippen LogP contribution in [0.4, 0.5) is 18.9 Å². The molecule has 1 heterocycles. The average Bonchev–Trinajstić information content (AvgIpc) is 2.96. The zero-order chi connectivity index (χ0) is 20.5. The summed E-state index contributed by atoms with van der Waals surface area (Å²) in [5, 5.41) is 11.8. The van der Waals surface area contributed by atoms with Gasteiger partial charge in [-0.15, -0.1) is 0 Å². The standard InChI is InChI=1S/C18H12ClF3N2O3S/c1-27-14-6-9(2-5-13(14)25)7-15-16(26)24-17(28-15)23-10-3-4-12(19)11(8-10)18(20,21)22/h2-8,25H,1H3,(H,23,24,26). The zero-order valence-corrected chi connectivity index (χ0v) is 15.7. The Morgan fingerprint density at radius 2 is 2.00 bits per heavy atom. The minimum absolute atomic E-state index is 0.00655. The maximum Gasteiger partial charge on any atom is 0.417 e. The Morgan fingerprint density at radius 3 is 2.68 bits per heavy atom. The summed E-state index contributed by atoms with van der Waals surface area (Å²) < 4.78 is 43.9. The van der Waals surface area contributed by atoms with Crippen LogP contribution in [0.3, 0.4) is 0 Å². The summed E-state index contributed by atoms with van der Waals surface area (Å²) in [5.41, 5.74) is -0.399. The van der Waals surface area contributed by atoms with E-state index >= 15 is 0 Å². The molecule has 3 rings (SSSR count). The molecule has 1 fully saturated rings. The van der Waals surface area contributed by atoms with Gasteiger partial charge in [0.05, 0.1) is 28.3 Å². The molecule has 1 aliphatic heterocycles. The number of amides is 1. The summed E-state index contributed by atoms with van der Waals surface area (Å²) in [6, 6.07) is 7.79. The number of methoxy groups -OCH3 is 1. The van der Waals surface area contributed by atoms with Crippen LogP contribution in [0.25, 0.3) is 6.08 Å². The number of hydrogen-bond acceptors (Lipinski definition) is 5. The number of benzene rings is 2. The van der Waals surface area contributed by atoms with Crippen LogP contribution in [0.2, 0.25) is 5.02 Å². The van der Waals surface area contributed by atoms with Gasteiger partial charge in [-0.1, -0.05) is 17.7 Å². The molecule has 1 saturated heterocycles. The van der Waals surface area contributed by atoms with Crippen molar-refractivity contribution in [3.8, 4) is 11.5 Å². The number of ether oxygens (including phenoxy) is 1. The van der Waals surface area contributed by atoms with Crippen LogP contribution in [0.1, 0.15) is 11.1 Å². The molecule has 0 aromatic heterocycles. The lowest BCUT2D eigenvalue weighted by Gasteiger charge is -2.09. The van der Waals surface area contributed by atoms with Crippen molar-refractivity contribution < 1.29 is 27.8 Å². The second-order valence-corrected chi connectivity index (χ2v) is 7.01. The Kier molecular flexibility index (Phi) is 5.57. The van der Waals surface area contributed by atoms with Crippen molar-refractivity contribution in [2.24, 2.45) is 4.99 Å². The lowest BCUT2D eigenvalue weighted by atomic mass is 10.2. The summed E-state index contributed by atoms with van der Waals surface area (Å²) in [7, 11) is 1.40. The molecule has 1 aliphatic rings. The van der Waals surface area contributed by atoms with Crippen LogP contribution in [-0.2, 0) is 11.0 Å². The molecule has 1 amide bonds. The number of thioether (sulfide) groups is 1. The second kappa shape index (κ2) is 7.76. The van der Waals surface area contributed by atoms with Gasteiger partial charge in [0.1, 0.15) is 0 Å². The van der Waals surface area contributed by atoms with Gasteiger partial charge in [-0.05, 0) is 53.7 Å². The van der Waals surface area contributed by atoms with E-state index in [1.807, 2.05) is 0 Å². The minimum atomic E-state index is -4.61. The van der Waals surface area contributed by atoms with E-state index in [1.165, 1.54) is 19.2 Å². The number of aliphatic imine (C=N–C) groups is 1. The highest BCUT2D eigenvalue weighted by molar-refractivity contribution is 8.18. The number of carbonyl (C=O) groups is 1. The molecule has 0 bridgehead atoms. The number of nitrogens with one attached hydrogen (secondary N) is 1. The molecule has 0 saturated carbocycles. The highest BCUT2D eigenvalue weighted by Crippen LogP contribution is 2.37. The van der Waals surface area contributed by atoms with E-state index in [2.05, 4.69) is 10.3 Å². The maximum atomic E-state index is 13.0. The number of nitrogens with zero attached hydrogens (tertiary/aromatic N) is 1. The third-order valence-electron chi connectivity index (χ3n) is 3.64. The summed E-state index contributed by atoms with van der Waals surface area (Å²) >= 11 is 6.57. The lowest BCUT2D eigenvalue weighted by molar-refractivity contribution is -0.137. The smallest absolute Gasteiger partial charge is 0.417 e. The van der Waals surface area contributed by atoms with E-state index in [0.29, 0.717) is 5.56 Å². The summed E-state index contributed by atoms with van der Waals surface area (Å²) in [4.78, 5) is 16.5. The van der Waals surface area contributed by atoms with Gasteiger partial charge < -0.3 is 15.2 Å². The first kappa shape index (κ1) is 20.1. The molecule has 0 radical (unpaired) electrons. The summed E-state index contributed by atoms with van der Waals surface area (Å²) in [5.74, 6) is -0.244. The molecule has 2 aromatic carbocycles. The number of alkyl halides is 3. The fourth-order valence-corrected chi connectivity index (χ4v) is 3.40. The van der Waals surface area contributed by atoms with Gasteiger partial charge in [0.25, 0.3) is 5.91 Å². The first-order chi connectivity index (χ1) is 13.2. The van der Waals surface area contributed by atoms with Gasteiger partial charge >= 0.3 is 6.18 Å². The van der Waals surface area contributed by atoms with Gasteiger partial charge in [-0.25, -0.2) is 4.99 Å². The largest absolute Gasteiger partial charge is 0.504 e. The molecule has 5 nitrogen and oxygen atoms in total. The summed E-state index contributed by atoms with van der Waals surface area (Å²) in [6.45, 7) is 0. The quantitative estimate of drug-likeness (QED) is 0.677. The van der Waals surface area contributed by atoms with Crippen molar-refractivity contribution >= 4 is 46.2 Å². The summed E-state index contributed by atoms with van der Waals surface area (Å²) in [6.07, 6.45) is -3.06. The number of halogens is 4. The average molecular weight is 429 g/mol. The van der Waals surface area contributed by atoms with Crippen LogP contribution in [0.5, 0.6) is 11.5 Å². The predicted molar refractivity (Wildman–Crippen MR) is 102 cm³/mol. The minimum Gasteiger partial charge on any atom is -0.504 e. The topological polar surface area (TPSA) is 70.9 Å². The molecule has 2 N–H and O–H groups in total. The van der Waals surface area contributed by atoms with Crippen LogP contribution in [0, 0.1) is 0 Å². The van der Waals surface area contributed by atoms with Crippen LogP contribution >= 0.6 is 23.4 Å². The Morgan fingerprint density at radius 1 is 1.25 bits per heavy atom. The Labute approximate surface area is 166 Å². The van der Waals surface area contributed by atoms with Gasteiger partial charge in [0, 0.05) is 0 Å². The van der Waals surface area contributed by atoms with Gasteiger partial charge in [0.15, 0.2) is 16.7 Å². The second-order valence-electron chi connectivity index (χ2n) is 5.57. The lowest BCUT2D eigenvalue weighted by Crippen LogP contribution is -2.19. The third-order valence-corrected chi connectivity index (χ3v) is 4.88. The monoisotopic (exact) mass is 428 g/mol. The molecule has 0 spiro atoms. The normalized spacial score (nSPS) is 17.2. The first-order valence-corrected chi connectivity index (χ1v) is 8.90. The number of aromatic hydroxyl groups is 1. The predicted octanol–water partition coefficient (Wildman–Crippen LogP) is 4.96. The Balaban J connectivity index is 1.87. The number of carbonyl (C=O) groups excluding carboxylic acids is 1. The van der Waals surface area contributed by atoms with Crippen molar-refractivity contribution in [1.29, 1.82) is 0 Å². The van der Waals surface area contributed by atoms with Crippen LogP contribution in [-0.4, -0.2) is 23.3 Å². The van der Waals surface area contributed by atoms with Crippen LogP contribution in [0.15, 0.2) is 46.3 Å². The maximum absolute atomic E-state index is 13.0. The Hall–Kier alpha value is -2.65. The molecule has 2 aromatic rings. The SMILES string of the molecule is COc1cc(C=C2SC(=Nc3ccc(Cl)c(C(F)(F)F)c3)NC2=O)ccc1O. The third kappa shape index (κ3) is 4.42. The number of rotatable bonds is 3. The van der Waals surface area contributed by atoms with Crippen molar-refractivity contribution in [2.45, 2.75) is 6.18 Å². The highest BCUT2D eigenvalue weighted by atomic mass is 35.5. The molecule has 28 heavy (non-hydrogen) atoms. The number of hydrogen-bond donors (Lipinski definition) is 2. The molecule has 146 valence electrons. The van der Waals surface area contributed by atoms with Crippen molar-refractivity contribution in [2.75, 3.05) is 7.11 Å². The molecule has 0 unspecified atom stereocenters. The molecule has 0 atom stereocenters. The van der Waals surface area contributed by atoms with Gasteiger partial charge in [0.2, 0.25) is 0 Å². The molecule has 0 aliphatic carbocycles. The number of phenols is 1. The van der Waals surface area contributed by atoms with E-state index < -0.39 is 22.7 Å².